The Morgan fingerprint density at radius 1 is 1.29 bits per heavy atom. The first-order chi connectivity index (χ1) is 9.83. The summed E-state index contributed by atoms with van der Waals surface area (Å²) in [5.74, 6) is 1.23. The number of aromatic nitrogens is 2. The second kappa shape index (κ2) is 6.30. The molecule has 0 atom stereocenters. The molecule has 2 heterocycles. The zero-order chi connectivity index (χ0) is 15.5. The third-order valence-electron chi connectivity index (χ3n) is 2.65. The predicted molar refractivity (Wildman–Crippen MR) is 88.1 cm³/mol. The molecule has 0 aliphatic heterocycles. The Bertz CT molecular complexity index is 604. The van der Waals surface area contributed by atoms with Gasteiger partial charge >= 0.3 is 0 Å². The summed E-state index contributed by atoms with van der Waals surface area (Å²) in [6.45, 7) is 8.70. The number of hydrogen-bond donors (Lipinski definition) is 2. The van der Waals surface area contributed by atoms with Crippen molar-refractivity contribution in [3.8, 4) is 5.88 Å². The van der Waals surface area contributed by atoms with Crippen LogP contribution in [-0.4, -0.2) is 22.1 Å². The van der Waals surface area contributed by atoms with E-state index in [2.05, 4.69) is 20.7 Å². The molecule has 6 heteroatoms. The Morgan fingerprint density at radius 2 is 2.05 bits per heavy atom. The lowest BCUT2D eigenvalue weighted by Gasteiger charge is -2.21. The Morgan fingerprint density at radius 3 is 2.67 bits per heavy atom. The standard InChI is InChI=1S/C15H22N4OS/c1-10-18-11(9-21-10)7-8-17-13-6-5-12(16)14(19-13)20-15(2,3)4/h5-6,9H,7-8,16H2,1-4H3,(H,17,19). The van der Waals surface area contributed by atoms with Crippen LogP contribution in [0.25, 0.3) is 0 Å². The third kappa shape index (κ3) is 4.90. The first-order valence-corrected chi connectivity index (χ1v) is 7.82. The molecule has 0 saturated heterocycles. The topological polar surface area (TPSA) is 73.1 Å². The van der Waals surface area contributed by atoms with Gasteiger partial charge in [0.15, 0.2) is 0 Å². The van der Waals surface area contributed by atoms with E-state index in [4.69, 9.17) is 10.5 Å². The molecule has 0 bridgehead atoms. The maximum atomic E-state index is 5.90. The van der Waals surface area contributed by atoms with Gasteiger partial charge in [-0.25, -0.2) is 4.98 Å². The minimum Gasteiger partial charge on any atom is -0.470 e. The van der Waals surface area contributed by atoms with Crippen LogP contribution in [0.5, 0.6) is 5.88 Å². The van der Waals surface area contributed by atoms with E-state index in [1.807, 2.05) is 39.8 Å². The van der Waals surface area contributed by atoms with Crippen LogP contribution in [0, 0.1) is 6.92 Å². The fourth-order valence-corrected chi connectivity index (χ4v) is 2.41. The summed E-state index contributed by atoms with van der Waals surface area (Å²) < 4.78 is 5.75. The smallest absolute Gasteiger partial charge is 0.239 e. The van der Waals surface area contributed by atoms with Crippen molar-refractivity contribution in [3.05, 3.63) is 28.2 Å². The van der Waals surface area contributed by atoms with E-state index in [1.54, 1.807) is 11.3 Å². The SMILES string of the molecule is Cc1nc(CCNc2ccc(N)c(OC(C)(C)C)n2)cs1. The van der Waals surface area contributed by atoms with Gasteiger partial charge in [-0.3, -0.25) is 0 Å². The number of nitrogens with one attached hydrogen (secondary N) is 1. The molecule has 0 aliphatic rings. The van der Waals surface area contributed by atoms with Crippen LogP contribution in [0.4, 0.5) is 11.5 Å². The van der Waals surface area contributed by atoms with Crippen LogP contribution in [0.15, 0.2) is 17.5 Å². The molecule has 21 heavy (non-hydrogen) atoms. The van der Waals surface area contributed by atoms with E-state index in [0.29, 0.717) is 11.6 Å². The maximum Gasteiger partial charge on any atom is 0.239 e. The molecule has 2 aromatic heterocycles. The zero-order valence-corrected chi connectivity index (χ0v) is 13.8. The molecule has 0 aliphatic carbocycles. The van der Waals surface area contributed by atoms with Crippen LogP contribution in [0.1, 0.15) is 31.5 Å². The largest absolute Gasteiger partial charge is 0.470 e. The number of hydrogen-bond acceptors (Lipinski definition) is 6. The number of aryl methyl sites for hydroxylation is 1. The number of anilines is 2. The van der Waals surface area contributed by atoms with Gasteiger partial charge in [0, 0.05) is 18.3 Å². The fraction of sp³-hybridized carbons (Fsp3) is 0.467. The highest BCUT2D eigenvalue weighted by Crippen LogP contribution is 2.24. The van der Waals surface area contributed by atoms with Crippen molar-refractivity contribution < 1.29 is 4.74 Å². The highest BCUT2D eigenvalue weighted by Gasteiger charge is 2.15. The first kappa shape index (κ1) is 15.6. The summed E-state index contributed by atoms with van der Waals surface area (Å²) in [5, 5.41) is 6.45. The lowest BCUT2D eigenvalue weighted by Crippen LogP contribution is -2.24. The molecular weight excluding hydrogens is 284 g/mol. The minimum absolute atomic E-state index is 0.322. The van der Waals surface area contributed by atoms with Gasteiger partial charge in [0.2, 0.25) is 5.88 Å². The van der Waals surface area contributed by atoms with E-state index >= 15 is 0 Å². The lowest BCUT2D eigenvalue weighted by molar-refractivity contribution is 0.125. The molecular formula is C15H22N4OS. The summed E-state index contributed by atoms with van der Waals surface area (Å²) in [6, 6.07) is 3.67. The van der Waals surface area contributed by atoms with E-state index in [9.17, 15) is 0 Å². The van der Waals surface area contributed by atoms with Crippen LogP contribution in [-0.2, 0) is 6.42 Å². The molecule has 0 spiro atoms. The number of nitrogen functional groups attached to an aromatic ring is 1. The van der Waals surface area contributed by atoms with Crippen molar-refractivity contribution in [2.45, 2.75) is 39.7 Å². The van der Waals surface area contributed by atoms with Gasteiger partial charge in [-0.2, -0.15) is 4.98 Å². The number of ether oxygens (including phenoxy) is 1. The van der Waals surface area contributed by atoms with E-state index in [0.717, 1.165) is 29.5 Å². The van der Waals surface area contributed by atoms with Gasteiger partial charge in [-0.1, -0.05) is 0 Å². The van der Waals surface area contributed by atoms with Crippen molar-refractivity contribution >= 4 is 22.8 Å². The zero-order valence-electron chi connectivity index (χ0n) is 12.9. The molecule has 0 fully saturated rings. The Kier molecular flexibility index (Phi) is 4.67. The number of nitrogens with zero attached hydrogens (tertiary/aromatic N) is 2. The highest BCUT2D eigenvalue weighted by molar-refractivity contribution is 7.09. The van der Waals surface area contributed by atoms with Crippen LogP contribution >= 0.6 is 11.3 Å². The molecule has 2 aromatic rings. The monoisotopic (exact) mass is 306 g/mol. The van der Waals surface area contributed by atoms with E-state index in [1.165, 1.54) is 0 Å². The van der Waals surface area contributed by atoms with Gasteiger partial charge < -0.3 is 15.8 Å². The molecule has 0 saturated carbocycles. The number of rotatable bonds is 5. The fourth-order valence-electron chi connectivity index (χ4n) is 1.76. The van der Waals surface area contributed by atoms with Crippen molar-refractivity contribution in [1.82, 2.24) is 9.97 Å². The molecule has 0 unspecified atom stereocenters. The summed E-state index contributed by atoms with van der Waals surface area (Å²) in [7, 11) is 0. The van der Waals surface area contributed by atoms with E-state index in [-0.39, 0.29) is 5.60 Å². The average Bonchev–Trinajstić information content (AvgIpc) is 2.77. The van der Waals surface area contributed by atoms with Gasteiger partial charge in [-0.05, 0) is 39.8 Å². The molecule has 2 rings (SSSR count). The summed E-state index contributed by atoms with van der Waals surface area (Å²) in [4.78, 5) is 8.85. The summed E-state index contributed by atoms with van der Waals surface area (Å²) in [6.07, 6.45) is 0.867. The van der Waals surface area contributed by atoms with E-state index < -0.39 is 0 Å². The number of nitrogens with two attached hydrogens (primary N) is 1. The average molecular weight is 306 g/mol. The van der Waals surface area contributed by atoms with Crippen LogP contribution in [0.3, 0.4) is 0 Å². The molecule has 114 valence electrons. The molecule has 3 N–H and O–H groups in total. The Labute approximate surface area is 129 Å². The minimum atomic E-state index is -0.322. The molecule has 0 amide bonds. The van der Waals surface area contributed by atoms with Crippen molar-refractivity contribution in [2.75, 3.05) is 17.6 Å². The molecule has 5 nitrogen and oxygen atoms in total. The lowest BCUT2D eigenvalue weighted by atomic mass is 10.2. The van der Waals surface area contributed by atoms with Gasteiger partial charge in [0.25, 0.3) is 0 Å². The van der Waals surface area contributed by atoms with Crippen molar-refractivity contribution in [1.29, 1.82) is 0 Å². The maximum absolute atomic E-state index is 5.90. The quantitative estimate of drug-likeness (QED) is 0.887. The third-order valence-corrected chi connectivity index (χ3v) is 3.47. The van der Waals surface area contributed by atoms with Crippen molar-refractivity contribution in [3.63, 3.8) is 0 Å². The van der Waals surface area contributed by atoms with Crippen molar-refractivity contribution in [2.24, 2.45) is 0 Å². The predicted octanol–water partition coefficient (Wildman–Crippen LogP) is 3.26. The second-order valence-electron chi connectivity index (χ2n) is 5.84. The summed E-state index contributed by atoms with van der Waals surface area (Å²) >= 11 is 1.67. The van der Waals surface area contributed by atoms with Gasteiger partial charge in [0.05, 0.1) is 16.4 Å². The Balaban J connectivity index is 1.95. The molecule has 0 aromatic carbocycles. The first-order valence-electron chi connectivity index (χ1n) is 6.94. The normalized spacial score (nSPS) is 11.4. The number of pyridine rings is 1. The van der Waals surface area contributed by atoms with Gasteiger partial charge in [-0.15, -0.1) is 11.3 Å². The number of thiazole rings is 1. The second-order valence-corrected chi connectivity index (χ2v) is 6.90. The van der Waals surface area contributed by atoms with Crippen LogP contribution in [0.2, 0.25) is 0 Å². The van der Waals surface area contributed by atoms with Gasteiger partial charge in [0.1, 0.15) is 11.4 Å². The highest BCUT2D eigenvalue weighted by atomic mass is 32.1. The van der Waals surface area contributed by atoms with Crippen LogP contribution < -0.4 is 15.8 Å². The molecule has 0 radical (unpaired) electrons. The summed E-state index contributed by atoms with van der Waals surface area (Å²) in [5.41, 5.74) is 7.22. The Hall–Kier alpha value is -1.82.